The quantitative estimate of drug-likeness (QED) is 0.778. The van der Waals surface area contributed by atoms with Crippen molar-refractivity contribution in [1.29, 1.82) is 0 Å². The van der Waals surface area contributed by atoms with Gasteiger partial charge in [-0.1, -0.05) is 0 Å². The van der Waals surface area contributed by atoms with Crippen LogP contribution in [0.25, 0.3) is 0 Å². The molecule has 5 aliphatic rings. The summed E-state index contributed by atoms with van der Waals surface area (Å²) in [6.45, 7) is 1.52. The predicted octanol–water partition coefficient (Wildman–Crippen LogP) is 3.44. The summed E-state index contributed by atoms with van der Waals surface area (Å²) < 4.78 is 42.3. The lowest BCUT2D eigenvalue weighted by molar-refractivity contribution is -0.146. The first-order valence-corrected chi connectivity index (χ1v) is 10.9. The fraction of sp³-hybridized carbons (Fsp3) is 0.762. The van der Waals surface area contributed by atoms with Crippen LogP contribution in [0.4, 0.5) is 13.2 Å². The highest BCUT2D eigenvalue weighted by Gasteiger charge is 2.56. The van der Waals surface area contributed by atoms with Gasteiger partial charge in [0.25, 0.3) is 5.91 Å². The molecule has 4 bridgehead atoms. The van der Waals surface area contributed by atoms with Crippen molar-refractivity contribution in [2.75, 3.05) is 0 Å². The van der Waals surface area contributed by atoms with E-state index in [0.29, 0.717) is 18.8 Å². The Labute approximate surface area is 173 Å². The number of alkyl halides is 3. The van der Waals surface area contributed by atoms with E-state index < -0.39 is 17.8 Å². The minimum Gasteiger partial charge on any atom is -0.351 e. The minimum atomic E-state index is -4.63. The van der Waals surface area contributed by atoms with Crippen LogP contribution < -0.4 is 10.6 Å². The first-order valence-electron chi connectivity index (χ1n) is 10.9. The molecule has 6 rings (SSSR count). The second kappa shape index (κ2) is 6.72. The molecule has 0 aromatic carbocycles. The Morgan fingerprint density at radius 2 is 1.83 bits per heavy atom. The number of halogens is 3. The molecular weight excluding hydrogens is 397 g/mol. The highest BCUT2D eigenvalue weighted by atomic mass is 19.4. The van der Waals surface area contributed by atoms with E-state index in [2.05, 4.69) is 15.7 Å². The number of nitrogens with zero attached hydrogens (tertiary/aromatic N) is 2. The van der Waals surface area contributed by atoms with E-state index >= 15 is 0 Å². The van der Waals surface area contributed by atoms with E-state index in [0.717, 1.165) is 49.4 Å². The number of hydrogen-bond acceptors (Lipinski definition) is 3. The highest BCUT2D eigenvalue weighted by Crippen LogP contribution is 2.55. The first kappa shape index (κ1) is 19.9. The van der Waals surface area contributed by atoms with Crippen molar-refractivity contribution in [1.82, 2.24) is 20.4 Å². The Balaban J connectivity index is 1.37. The summed E-state index contributed by atoms with van der Waals surface area (Å²) in [5, 5.41) is 10.0. The average molecular weight is 424 g/mol. The molecule has 0 radical (unpaired) electrons. The molecule has 2 atom stereocenters. The maximum Gasteiger partial charge on any atom is 0.433 e. The van der Waals surface area contributed by atoms with Crippen LogP contribution in [0, 0.1) is 17.8 Å². The maximum absolute atomic E-state index is 13.8. The third-order valence-corrected chi connectivity index (χ3v) is 7.74. The van der Waals surface area contributed by atoms with Crippen molar-refractivity contribution >= 4 is 11.8 Å². The average Bonchev–Trinajstić information content (AvgIpc) is 2.99. The van der Waals surface area contributed by atoms with E-state index in [-0.39, 0.29) is 40.9 Å². The van der Waals surface area contributed by atoms with Gasteiger partial charge in [0.1, 0.15) is 0 Å². The number of carbonyl (C=O) groups excluding carboxylic acids is 2. The lowest BCUT2D eigenvalue weighted by Crippen LogP contribution is -2.66. The molecule has 1 aromatic rings. The van der Waals surface area contributed by atoms with E-state index in [1.807, 2.05) is 0 Å². The van der Waals surface area contributed by atoms with E-state index in [1.54, 1.807) is 0 Å². The largest absolute Gasteiger partial charge is 0.433 e. The Kier molecular flexibility index (Phi) is 4.45. The van der Waals surface area contributed by atoms with Crippen LogP contribution in [0.5, 0.6) is 0 Å². The van der Waals surface area contributed by atoms with Gasteiger partial charge in [0.05, 0.1) is 17.8 Å². The van der Waals surface area contributed by atoms with Crippen LogP contribution in [0.1, 0.15) is 80.4 Å². The second-order valence-electron chi connectivity index (χ2n) is 9.86. The monoisotopic (exact) mass is 424 g/mol. The van der Waals surface area contributed by atoms with Crippen molar-refractivity contribution in [2.24, 2.45) is 17.8 Å². The Bertz CT molecular complexity index is 860. The molecule has 0 saturated heterocycles. The molecule has 2 N–H and O–H groups in total. The summed E-state index contributed by atoms with van der Waals surface area (Å²) in [5.41, 5.74) is -1.52. The van der Waals surface area contributed by atoms with Crippen LogP contribution in [-0.2, 0) is 11.0 Å². The zero-order valence-electron chi connectivity index (χ0n) is 17.0. The molecule has 164 valence electrons. The molecular formula is C21H27F3N4O2. The fourth-order valence-electron chi connectivity index (χ4n) is 6.73. The smallest absolute Gasteiger partial charge is 0.351 e. The molecule has 0 aliphatic heterocycles. The summed E-state index contributed by atoms with van der Waals surface area (Å²) in [4.78, 5) is 24.7. The molecule has 1 aromatic heterocycles. The number of aromatic nitrogens is 2. The molecule has 5 fully saturated rings. The molecule has 1 heterocycles. The zero-order valence-corrected chi connectivity index (χ0v) is 17.0. The summed E-state index contributed by atoms with van der Waals surface area (Å²) in [6, 6.07) is -0.425. The Morgan fingerprint density at radius 3 is 2.37 bits per heavy atom. The van der Waals surface area contributed by atoms with E-state index in [1.165, 1.54) is 6.92 Å². The Morgan fingerprint density at radius 1 is 1.17 bits per heavy atom. The lowest BCUT2D eigenvalue weighted by Gasteiger charge is -2.60. The maximum atomic E-state index is 13.8. The normalized spacial score (nSPS) is 35.2. The predicted molar refractivity (Wildman–Crippen MR) is 101 cm³/mol. The van der Waals surface area contributed by atoms with Gasteiger partial charge in [0.15, 0.2) is 5.69 Å². The van der Waals surface area contributed by atoms with Gasteiger partial charge in [-0.05, 0) is 69.1 Å². The van der Waals surface area contributed by atoms with Crippen LogP contribution in [0.3, 0.4) is 0 Å². The number of rotatable bonds is 4. The van der Waals surface area contributed by atoms with Crippen molar-refractivity contribution < 1.29 is 22.8 Å². The van der Waals surface area contributed by atoms with Crippen molar-refractivity contribution in [3.05, 3.63) is 17.5 Å². The molecule has 2 unspecified atom stereocenters. The summed E-state index contributed by atoms with van der Waals surface area (Å²) >= 11 is 0. The summed E-state index contributed by atoms with van der Waals surface area (Å²) in [7, 11) is 0. The van der Waals surface area contributed by atoms with Crippen LogP contribution in [0.15, 0.2) is 6.20 Å². The van der Waals surface area contributed by atoms with Gasteiger partial charge >= 0.3 is 6.18 Å². The highest BCUT2D eigenvalue weighted by molar-refractivity contribution is 5.95. The SMILES string of the molecule is CC(=O)N[C@]12CC3CC(C1)[C@@H](NC(=O)c1cnn(C4CCC4)c1C(F)(F)F)C(C3)C2. The number of hydrogen-bond donors (Lipinski definition) is 2. The molecule has 6 nitrogen and oxygen atoms in total. The van der Waals surface area contributed by atoms with Crippen molar-refractivity contribution in [3.8, 4) is 0 Å². The lowest BCUT2D eigenvalue weighted by atomic mass is 9.51. The second-order valence-corrected chi connectivity index (χ2v) is 9.86. The molecule has 9 heteroatoms. The topological polar surface area (TPSA) is 76.0 Å². The standard InChI is InChI=1S/C21H27F3N4O2/c1-11(29)27-20-7-12-5-13(8-20)17(14(6-12)9-20)26-19(30)16-10-25-28(15-3-2-4-15)18(16)21(22,23)24/h10,12-15,17H,2-9H2,1H3,(H,26,30)(H,27,29)/t12?,13?,14?,17-,20-. The van der Waals surface area contributed by atoms with Gasteiger partial charge in [-0.25, -0.2) is 0 Å². The summed E-state index contributed by atoms with van der Waals surface area (Å²) in [6.07, 6.45) is 3.07. The number of carbonyl (C=O) groups is 2. The number of nitrogens with one attached hydrogen (secondary N) is 2. The van der Waals surface area contributed by atoms with Crippen LogP contribution >= 0.6 is 0 Å². The van der Waals surface area contributed by atoms with Crippen molar-refractivity contribution in [3.63, 3.8) is 0 Å². The van der Waals surface area contributed by atoms with Gasteiger partial charge in [0.2, 0.25) is 5.91 Å². The van der Waals surface area contributed by atoms with Crippen LogP contribution in [0.2, 0.25) is 0 Å². The first-order chi connectivity index (χ1) is 14.2. The zero-order chi connectivity index (χ0) is 21.3. The Hall–Kier alpha value is -2.06. The third kappa shape index (κ3) is 3.21. The summed E-state index contributed by atoms with van der Waals surface area (Å²) in [5.74, 6) is 0.149. The minimum absolute atomic E-state index is 0.0456. The third-order valence-electron chi connectivity index (χ3n) is 7.74. The van der Waals surface area contributed by atoms with Gasteiger partial charge in [0, 0.05) is 18.5 Å². The molecule has 30 heavy (non-hydrogen) atoms. The van der Waals surface area contributed by atoms with Crippen LogP contribution in [-0.4, -0.2) is 33.2 Å². The van der Waals surface area contributed by atoms with Crippen molar-refractivity contribution in [2.45, 2.75) is 82.1 Å². The van der Waals surface area contributed by atoms with E-state index in [9.17, 15) is 22.8 Å². The molecule has 0 spiro atoms. The fourth-order valence-corrected chi connectivity index (χ4v) is 6.73. The number of amides is 2. The molecule has 5 aliphatic carbocycles. The molecule has 2 amide bonds. The van der Waals surface area contributed by atoms with Gasteiger partial charge in [-0.15, -0.1) is 0 Å². The van der Waals surface area contributed by atoms with Gasteiger partial charge < -0.3 is 10.6 Å². The molecule has 5 saturated carbocycles. The van der Waals surface area contributed by atoms with Gasteiger partial charge in [-0.3, -0.25) is 14.3 Å². The van der Waals surface area contributed by atoms with Gasteiger partial charge in [-0.2, -0.15) is 18.3 Å². The van der Waals surface area contributed by atoms with E-state index in [4.69, 9.17) is 0 Å².